The summed E-state index contributed by atoms with van der Waals surface area (Å²) in [6.07, 6.45) is 0. The third kappa shape index (κ3) is 3.27. The molecule has 0 unspecified atom stereocenters. The summed E-state index contributed by atoms with van der Waals surface area (Å²) in [5, 5.41) is 2.92. The lowest BCUT2D eigenvalue weighted by atomic mass is 10.2. The van der Waals surface area contributed by atoms with Gasteiger partial charge >= 0.3 is 0 Å². The minimum Gasteiger partial charge on any atom is -0.351 e. The molecule has 1 aromatic rings. The number of halogens is 3. The lowest BCUT2D eigenvalue weighted by Gasteiger charge is -2.03. The molecule has 1 amide bonds. The summed E-state index contributed by atoms with van der Waals surface area (Å²) in [6, 6.07) is 4.43. The molecule has 0 fully saturated rings. The smallest absolute Gasteiger partial charge is 0.230 e. The Morgan fingerprint density at radius 2 is 2.29 bits per heavy atom. The molecule has 1 aromatic carbocycles. The molecule has 0 radical (unpaired) electrons. The SMILES string of the molecule is O=C(CBr)NCc1ccc(Cl)c(F)c1. The van der Waals surface area contributed by atoms with Crippen LogP contribution in [0, 0.1) is 5.82 Å². The molecular weight excluding hydrogens is 272 g/mol. The maximum atomic E-state index is 12.9. The van der Waals surface area contributed by atoms with Crippen molar-refractivity contribution in [3.8, 4) is 0 Å². The van der Waals surface area contributed by atoms with Gasteiger partial charge in [-0.15, -0.1) is 0 Å². The van der Waals surface area contributed by atoms with Gasteiger partial charge in [0.2, 0.25) is 5.91 Å². The highest BCUT2D eigenvalue weighted by Crippen LogP contribution is 2.15. The van der Waals surface area contributed by atoms with Gasteiger partial charge in [0.1, 0.15) is 5.82 Å². The Morgan fingerprint density at radius 1 is 1.57 bits per heavy atom. The third-order valence-electron chi connectivity index (χ3n) is 1.60. The summed E-state index contributed by atoms with van der Waals surface area (Å²) in [6.45, 7) is 0.304. The van der Waals surface area contributed by atoms with Crippen molar-refractivity contribution in [2.75, 3.05) is 5.33 Å². The Labute approximate surface area is 94.6 Å². The fraction of sp³-hybridized carbons (Fsp3) is 0.222. The van der Waals surface area contributed by atoms with Gasteiger partial charge in [0.15, 0.2) is 0 Å². The zero-order chi connectivity index (χ0) is 10.6. The van der Waals surface area contributed by atoms with Crippen molar-refractivity contribution in [2.24, 2.45) is 0 Å². The molecule has 0 aliphatic heterocycles. The zero-order valence-electron chi connectivity index (χ0n) is 7.19. The van der Waals surface area contributed by atoms with Gasteiger partial charge in [-0.05, 0) is 17.7 Å². The first-order valence-corrected chi connectivity index (χ1v) is 5.40. The molecule has 14 heavy (non-hydrogen) atoms. The average molecular weight is 281 g/mol. The minimum atomic E-state index is -0.475. The van der Waals surface area contributed by atoms with E-state index in [0.29, 0.717) is 12.1 Å². The molecule has 0 aliphatic rings. The standard InChI is InChI=1S/C9H8BrClFNO/c10-4-9(14)13-5-6-1-2-7(11)8(12)3-6/h1-3H,4-5H2,(H,13,14). The van der Waals surface area contributed by atoms with E-state index in [9.17, 15) is 9.18 Å². The van der Waals surface area contributed by atoms with Crippen LogP contribution in [-0.2, 0) is 11.3 Å². The lowest BCUT2D eigenvalue weighted by molar-refractivity contribution is -0.118. The first-order chi connectivity index (χ1) is 6.63. The number of hydrogen-bond acceptors (Lipinski definition) is 1. The van der Waals surface area contributed by atoms with Crippen molar-refractivity contribution in [1.82, 2.24) is 5.32 Å². The highest BCUT2D eigenvalue weighted by molar-refractivity contribution is 9.09. The van der Waals surface area contributed by atoms with Gasteiger partial charge in [0, 0.05) is 6.54 Å². The Hall–Kier alpha value is -0.610. The van der Waals surface area contributed by atoms with E-state index in [1.807, 2.05) is 0 Å². The van der Waals surface area contributed by atoms with Gasteiger partial charge in [-0.1, -0.05) is 33.6 Å². The molecule has 0 spiro atoms. The third-order valence-corrected chi connectivity index (χ3v) is 2.41. The van der Waals surface area contributed by atoms with Crippen molar-refractivity contribution in [3.63, 3.8) is 0 Å². The van der Waals surface area contributed by atoms with Crippen LogP contribution in [0.5, 0.6) is 0 Å². The molecule has 0 bridgehead atoms. The Balaban J connectivity index is 2.60. The largest absolute Gasteiger partial charge is 0.351 e. The molecule has 0 saturated carbocycles. The van der Waals surface area contributed by atoms with E-state index < -0.39 is 5.82 Å². The summed E-state index contributed by atoms with van der Waals surface area (Å²) in [4.78, 5) is 10.9. The summed E-state index contributed by atoms with van der Waals surface area (Å²) in [7, 11) is 0. The molecule has 0 aromatic heterocycles. The lowest BCUT2D eigenvalue weighted by Crippen LogP contribution is -2.23. The Bertz CT molecular complexity index is 346. The van der Waals surface area contributed by atoms with Gasteiger partial charge < -0.3 is 5.32 Å². The van der Waals surface area contributed by atoms with E-state index in [2.05, 4.69) is 21.2 Å². The van der Waals surface area contributed by atoms with Crippen molar-refractivity contribution in [2.45, 2.75) is 6.54 Å². The second-order valence-corrected chi connectivity index (χ2v) is 3.63. The predicted molar refractivity (Wildman–Crippen MR) is 57.1 cm³/mol. The highest BCUT2D eigenvalue weighted by atomic mass is 79.9. The van der Waals surface area contributed by atoms with E-state index in [4.69, 9.17) is 11.6 Å². The van der Waals surface area contributed by atoms with Crippen LogP contribution in [0.3, 0.4) is 0 Å². The van der Waals surface area contributed by atoms with E-state index in [1.54, 1.807) is 6.07 Å². The number of amides is 1. The molecule has 0 heterocycles. The summed E-state index contributed by atoms with van der Waals surface area (Å²) in [5.41, 5.74) is 0.682. The molecule has 76 valence electrons. The van der Waals surface area contributed by atoms with Crippen molar-refractivity contribution < 1.29 is 9.18 Å². The van der Waals surface area contributed by atoms with E-state index in [0.717, 1.165) is 0 Å². The molecule has 1 rings (SSSR count). The van der Waals surface area contributed by atoms with Crippen LogP contribution in [0.4, 0.5) is 4.39 Å². The number of alkyl halides is 1. The zero-order valence-corrected chi connectivity index (χ0v) is 9.53. The fourth-order valence-electron chi connectivity index (χ4n) is 0.897. The van der Waals surface area contributed by atoms with Crippen LogP contribution >= 0.6 is 27.5 Å². The quantitative estimate of drug-likeness (QED) is 0.847. The molecule has 1 N–H and O–H groups in total. The van der Waals surface area contributed by atoms with Gasteiger partial charge in [-0.3, -0.25) is 4.79 Å². The number of rotatable bonds is 3. The minimum absolute atomic E-state index is 0.0839. The fourth-order valence-corrected chi connectivity index (χ4v) is 1.21. The van der Waals surface area contributed by atoms with Crippen molar-refractivity contribution in [3.05, 3.63) is 34.6 Å². The van der Waals surface area contributed by atoms with Gasteiger partial charge in [-0.25, -0.2) is 4.39 Å². The summed E-state index contributed by atoms with van der Waals surface area (Å²) in [5.74, 6) is -0.613. The number of nitrogens with one attached hydrogen (secondary N) is 1. The first-order valence-electron chi connectivity index (χ1n) is 3.90. The Morgan fingerprint density at radius 3 is 2.86 bits per heavy atom. The van der Waals surface area contributed by atoms with Gasteiger partial charge in [-0.2, -0.15) is 0 Å². The average Bonchev–Trinajstić information content (AvgIpc) is 2.19. The van der Waals surface area contributed by atoms with Gasteiger partial charge in [0.05, 0.1) is 10.4 Å². The molecular formula is C9H8BrClFNO. The van der Waals surface area contributed by atoms with Crippen LogP contribution in [0.2, 0.25) is 5.02 Å². The molecule has 5 heteroatoms. The first kappa shape index (κ1) is 11.5. The number of hydrogen-bond donors (Lipinski definition) is 1. The van der Waals surface area contributed by atoms with E-state index in [-0.39, 0.29) is 16.3 Å². The van der Waals surface area contributed by atoms with Crippen LogP contribution in [0.25, 0.3) is 0 Å². The van der Waals surface area contributed by atoms with Crippen LogP contribution in [-0.4, -0.2) is 11.2 Å². The van der Waals surface area contributed by atoms with Crippen LogP contribution < -0.4 is 5.32 Å². The second kappa shape index (κ2) is 5.32. The van der Waals surface area contributed by atoms with Crippen molar-refractivity contribution in [1.29, 1.82) is 0 Å². The van der Waals surface area contributed by atoms with Crippen LogP contribution in [0.1, 0.15) is 5.56 Å². The monoisotopic (exact) mass is 279 g/mol. The number of carbonyl (C=O) groups is 1. The number of carbonyl (C=O) groups excluding carboxylic acids is 1. The summed E-state index contributed by atoms with van der Waals surface area (Å²) < 4.78 is 12.9. The number of benzene rings is 1. The van der Waals surface area contributed by atoms with Crippen LogP contribution in [0.15, 0.2) is 18.2 Å². The Kier molecular flexibility index (Phi) is 4.35. The molecule has 2 nitrogen and oxygen atoms in total. The van der Waals surface area contributed by atoms with E-state index in [1.165, 1.54) is 12.1 Å². The molecule has 0 aliphatic carbocycles. The van der Waals surface area contributed by atoms with E-state index >= 15 is 0 Å². The van der Waals surface area contributed by atoms with Crippen molar-refractivity contribution >= 4 is 33.4 Å². The second-order valence-electron chi connectivity index (χ2n) is 2.66. The maximum absolute atomic E-state index is 12.9. The molecule has 0 atom stereocenters. The topological polar surface area (TPSA) is 29.1 Å². The predicted octanol–water partition coefficient (Wildman–Crippen LogP) is 2.49. The summed E-state index contributed by atoms with van der Waals surface area (Å²) >= 11 is 8.51. The van der Waals surface area contributed by atoms with Gasteiger partial charge in [0.25, 0.3) is 0 Å². The highest BCUT2D eigenvalue weighted by Gasteiger charge is 2.02. The normalized spacial score (nSPS) is 9.93. The molecule has 0 saturated heterocycles. The maximum Gasteiger partial charge on any atom is 0.230 e.